The molecule has 0 aliphatic heterocycles. The summed E-state index contributed by atoms with van der Waals surface area (Å²) >= 11 is 0. The third-order valence-corrected chi connectivity index (χ3v) is 3.50. The summed E-state index contributed by atoms with van der Waals surface area (Å²) in [6, 6.07) is 17.4. The van der Waals surface area contributed by atoms with E-state index in [0.717, 1.165) is 16.7 Å². The van der Waals surface area contributed by atoms with Crippen LogP contribution >= 0.6 is 0 Å². The fourth-order valence-electron chi connectivity index (χ4n) is 2.04. The van der Waals surface area contributed by atoms with Crippen LogP contribution in [0.5, 0.6) is 0 Å². The van der Waals surface area contributed by atoms with Crippen molar-refractivity contribution in [3.63, 3.8) is 0 Å². The van der Waals surface area contributed by atoms with Crippen LogP contribution in [0.3, 0.4) is 0 Å². The Bertz CT molecular complexity index is 740. The first-order valence-corrected chi connectivity index (χ1v) is 7.11. The van der Waals surface area contributed by atoms with Crippen LogP contribution in [0.15, 0.2) is 54.1 Å². The van der Waals surface area contributed by atoms with Gasteiger partial charge in [-0.2, -0.15) is 5.26 Å². The summed E-state index contributed by atoms with van der Waals surface area (Å²) in [5, 5.41) is 12.0. The predicted octanol–water partition coefficient (Wildman–Crippen LogP) is 3.53. The van der Waals surface area contributed by atoms with Gasteiger partial charge in [0.05, 0.1) is 0 Å². The van der Waals surface area contributed by atoms with Gasteiger partial charge in [0.1, 0.15) is 11.6 Å². The third kappa shape index (κ3) is 4.07. The van der Waals surface area contributed by atoms with Gasteiger partial charge in [0.15, 0.2) is 0 Å². The Morgan fingerprint density at radius 2 is 1.86 bits per heavy atom. The lowest BCUT2D eigenvalue weighted by molar-refractivity contribution is -0.117. The topological polar surface area (TPSA) is 52.9 Å². The fourth-order valence-corrected chi connectivity index (χ4v) is 2.04. The highest BCUT2D eigenvalue weighted by Gasteiger charge is 2.08. The zero-order valence-corrected chi connectivity index (χ0v) is 12.8. The molecule has 2 aromatic carbocycles. The number of hydrogen-bond acceptors (Lipinski definition) is 2. The normalized spacial score (nSPS) is 10.9. The average Bonchev–Trinajstić information content (AvgIpc) is 2.54. The molecule has 0 saturated carbocycles. The Morgan fingerprint density at radius 1 is 1.14 bits per heavy atom. The summed E-state index contributed by atoms with van der Waals surface area (Å²) in [4.78, 5) is 12.1. The molecule has 0 aliphatic carbocycles. The van der Waals surface area contributed by atoms with Crippen LogP contribution in [-0.4, -0.2) is 5.91 Å². The number of nitrogens with one attached hydrogen (secondary N) is 1. The van der Waals surface area contributed by atoms with Crippen LogP contribution in [0.1, 0.15) is 22.3 Å². The number of amides is 1. The number of nitrogens with zero attached hydrogens (tertiary/aromatic N) is 1. The average molecular weight is 290 g/mol. The SMILES string of the molecule is Cc1ccc(/C=C(\C#N)C(=O)NCc2ccccc2)cc1C. The smallest absolute Gasteiger partial charge is 0.262 e. The van der Waals surface area contributed by atoms with E-state index in [2.05, 4.69) is 5.32 Å². The summed E-state index contributed by atoms with van der Waals surface area (Å²) in [6.07, 6.45) is 1.62. The maximum atomic E-state index is 12.1. The van der Waals surface area contributed by atoms with Gasteiger partial charge in [-0.15, -0.1) is 0 Å². The Balaban J connectivity index is 2.10. The van der Waals surface area contributed by atoms with Gasteiger partial charge in [-0.1, -0.05) is 48.5 Å². The van der Waals surface area contributed by atoms with E-state index in [1.165, 1.54) is 5.56 Å². The van der Waals surface area contributed by atoms with E-state index in [-0.39, 0.29) is 11.5 Å². The number of benzene rings is 2. The van der Waals surface area contributed by atoms with Gasteiger partial charge in [0, 0.05) is 6.54 Å². The highest BCUT2D eigenvalue weighted by molar-refractivity contribution is 6.01. The first kappa shape index (κ1) is 15.5. The number of aryl methyl sites for hydroxylation is 2. The molecule has 22 heavy (non-hydrogen) atoms. The molecule has 1 N–H and O–H groups in total. The molecule has 110 valence electrons. The Morgan fingerprint density at radius 3 is 2.50 bits per heavy atom. The summed E-state index contributed by atoms with van der Waals surface area (Å²) < 4.78 is 0. The lowest BCUT2D eigenvalue weighted by atomic mass is 10.0. The zero-order valence-electron chi connectivity index (χ0n) is 12.8. The molecular formula is C19H18N2O. The molecule has 0 atom stereocenters. The van der Waals surface area contributed by atoms with Crippen LogP contribution in [0.2, 0.25) is 0 Å². The molecule has 1 amide bonds. The standard InChI is InChI=1S/C19H18N2O/c1-14-8-9-17(10-15(14)2)11-18(12-20)19(22)21-13-16-6-4-3-5-7-16/h3-11H,13H2,1-2H3,(H,21,22)/b18-11+. The van der Waals surface area contributed by atoms with E-state index in [9.17, 15) is 10.1 Å². The second-order valence-electron chi connectivity index (χ2n) is 5.18. The molecule has 0 aliphatic rings. The minimum Gasteiger partial charge on any atom is -0.347 e. The van der Waals surface area contributed by atoms with Gasteiger partial charge in [0.25, 0.3) is 5.91 Å². The minimum atomic E-state index is -0.357. The number of carbonyl (C=O) groups excluding carboxylic acids is 1. The molecule has 0 radical (unpaired) electrons. The van der Waals surface area contributed by atoms with Gasteiger partial charge in [-0.25, -0.2) is 0 Å². The van der Waals surface area contributed by atoms with Crippen molar-refractivity contribution >= 4 is 12.0 Å². The molecular weight excluding hydrogens is 272 g/mol. The minimum absolute atomic E-state index is 0.110. The Hall–Kier alpha value is -2.86. The van der Waals surface area contributed by atoms with E-state index < -0.39 is 0 Å². The second-order valence-corrected chi connectivity index (χ2v) is 5.18. The lowest BCUT2D eigenvalue weighted by Gasteiger charge is -2.05. The first-order chi connectivity index (χ1) is 10.6. The maximum Gasteiger partial charge on any atom is 0.262 e. The molecule has 0 unspecified atom stereocenters. The highest BCUT2D eigenvalue weighted by Crippen LogP contribution is 2.13. The summed E-state index contributed by atoms with van der Waals surface area (Å²) in [5.41, 5.74) is 4.29. The fraction of sp³-hybridized carbons (Fsp3) is 0.158. The lowest BCUT2D eigenvalue weighted by Crippen LogP contribution is -2.23. The molecule has 0 saturated heterocycles. The van der Waals surface area contributed by atoms with Crippen LogP contribution in [-0.2, 0) is 11.3 Å². The molecule has 0 aromatic heterocycles. The second kappa shape index (κ2) is 7.24. The monoisotopic (exact) mass is 290 g/mol. The van der Waals surface area contributed by atoms with Crippen LogP contribution < -0.4 is 5.32 Å². The van der Waals surface area contributed by atoms with Crippen molar-refractivity contribution in [2.75, 3.05) is 0 Å². The van der Waals surface area contributed by atoms with Crippen molar-refractivity contribution in [3.05, 3.63) is 76.4 Å². The number of hydrogen-bond donors (Lipinski definition) is 1. The zero-order chi connectivity index (χ0) is 15.9. The highest BCUT2D eigenvalue weighted by atomic mass is 16.1. The van der Waals surface area contributed by atoms with Gasteiger partial charge in [-0.05, 0) is 42.2 Å². The number of carbonyl (C=O) groups is 1. The largest absolute Gasteiger partial charge is 0.347 e. The summed E-state index contributed by atoms with van der Waals surface area (Å²) in [7, 11) is 0. The van der Waals surface area contributed by atoms with Gasteiger partial charge in [0.2, 0.25) is 0 Å². The van der Waals surface area contributed by atoms with E-state index in [1.54, 1.807) is 6.08 Å². The van der Waals surface area contributed by atoms with Crippen molar-refractivity contribution in [1.29, 1.82) is 5.26 Å². The number of nitriles is 1. The molecule has 3 nitrogen and oxygen atoms in total. The first-order valence-electron chi connectivity index (χ1n) is 7.11. The third-order valence-electron chi connectivity index (χ3n) is 3.50. The predicted molar refractivity (Wildman–Crippen MR) is 87.8 cm³/mol. The molecule has 0 bridgehead atoms. The molecule has 0 spiro atoms. The van der Waals surface area contributed by atoms with E-state index in [4.69, 9.17) is 0 Å². The molecule has 3 heteroatoms. The molecule has 0 fully saturated rings. The van der Waals surface area contributed by atoms with Crippen LogP contribution in [0, 0.1) is 25.2 Å². The van der Waals surface area contributed by atoms with Crippen molar-refractivity contribution in [2.45, 2.75) is 20.4 Å². The van der Waals surface area contributed by atoms with Gasteiger partial charge < -0.3 is 5.32 Å². The summed E-state index contributed by atoms with van der Waals surface area (Å²) in [6.45, 7) is 4.44. The van der Waals surface area contributed by atoms with Crippen LogP contribution in [0.25, 0.3) is 6.08 Å². The molecule has 2 aromatic rings. The molecule has 2 rings (SSSR count). The Kier molecular flexibility index (Phi) is 5.11. The van der Waals surface area contributed by atoms with E-state index >= 15 is 0 Å². The van der Waals surface area contributed by atoms with Gasteiger partial charge >= 0.3 is 0 Å². The van der Waals surface area contributed by atoms with Gasteiger partial charge in [-0.3, -0.25) is 4.79 Å². The Labute approximate surface area is 130 Å². The summed E-state index contributed by atoms with van der Waals surface area (Å²) in [5.74, 6) is -0.357. The quantitative estimate of drug-likeness (QED) is 0.692. The molecule has 0 heterocycles. The van der Waals surface area contributed by atoms with E-state index in [1.807, 2.05) is 68.4 Å². The maximum absolute atomic E-state index is 12.1. The van der Waals surface area contributed by atoms with Crippen molar-refractivity contribution in [3.8, 4) is 6.07 Å². The number of rotatable bonds is 4. The van der Waals surface area contributed by atoms with Crippen molar-refractivity contribution < 1.29 is 4.79 Å². The van der Waals surface area contributed by atoms with E-state index in [0.29, 0.717) is 6.54 Å². The van der Waals surface area contributed by atoms with Crippen molar-refractivity contribution in [2.24, 2.45) is 0 Å². The van der Waals surface area contributed by atoms with Crippen molar-refractivity contribution in [1.82, 2.24) is 5.32 Å². The van der Waals surface area contributed by atoms with Crippen LogP contribution in [0.4, 0.5) is 0 Å².